The molecule has 2 fully saturated rings. The number of hydrogen-bond acceptors (Lipinski definition) is 8. The molecule has 2 aliphatic heterocycles. The number of hydrogen-bond donors (Lipinski definition) is 1. The quantitative estimate of drug-likeness (QED) is 0.617. The second kappa shape index (κ2) is 8.52. The third-order valence-corrected chi connectivity index (χ3v) is 5.71. The molecule has 0 saturated carbocycles. The van der Waals surface area contributed by atoms with Crippen molar-refractivity contribution in [2.24, 2.45) is 0 Å². The van der Waals surface area contributed by atoms with Gasteiger partial charge < -0.3 is 24.2 Å². The van der Waals surface area contributed by atoms with E-state index in [1.54, 1.807) is 11.8 Å². The number of aliphatic hydroxyl groups is 1. The van der Waals surface area contributed by atoms with Crippen molar-refractivity contribution in [3.63, 3.8) is 0 Å². The summed E-state index contributed by atoms with van der Waals surface area (Å²) in [7, 11) is 1.65. The molecule has 1 aromatic carbocycles. The fraction of sp³-hybridized carbons (Fsp3) is 0.409. The molecule has 0 spiro atoms. The van der Waals surface area contributed by atoms with E-state index in [9.17, 15) is 0 Å². The molecule has 5 rings (SSSR count). The Morgan fingerprint density at radius 2 is 2.06 bits per heavy atom. The second-order valence-corrected chi connectivity index (χ2v) is 7.56. The van der Waals surface area contributed by atoms with Gasteiger partial charge in [0, 0.05) is 31.0 Å². The fourth-order valence-electron chi connectivity index (χ4n) is 4.24. The van der Waals surface area contributed by atoms with Gasteiger partial charge in [0.05, 0.1) is 31.6 Å². The van der Waals surface area contributed by atoms with Crippen molar-refractivity contribution >= 4 is 5.82 Å². The molecule has 31 heavy (non-hydrogen) atoms. The lowest BCUT2D eigenvalue weighted by Crippen LogP contribution is -2.32. The van der Waals surface area contributed by atoms with Gasteiger partial charge in [-0.25, -0.2) is 4.68 Å². The predicted octanol–water partition coefficient (Wildman–Crippen LogP) is 2.08. The van der Waals surface area contributed by atoms with Gasteiger partial charge >= 0.3 is 6.01 Å². The molecule has 2 aliphatic rings. The summed E-state index contributed by atoms with van der Waals surface area (Å²) in [5, 5.41) is 13.9. The van der Waals surface area contributed by atoms with Gasteiger partial charge in [0.25, 0.3) is 0 Å². The van der Waals surface area contributed by atoms with Gasteiger partial charge in [-0.15, -0.1) is 0 Å². The highest BCUT2D eigenvalue weighted by atomic mass is 16.5. The van der Waals surface area contributed by atoms with Crippen molar-refractivity contribution in [2.45, 2.75) is 25.0 Å². The van der Waals surface area contributed by atoms with E-state index >= 15 is 0 Å². The van der Waals surface area contributed by atoms with Gasteiger partial charge in [-0.1, -0.05) is 12.1 Å². The number of nitrogens with zero attached hydrogens (tertiary/aromatic N) is 5. The van der Waals surface area contributed by atoms with Gasteiger partial charge in [-0.05, 0) is 31.0 Å². The number of benzene rings is 1. The normalized spacial score (nSPS) is 20.1. The lowest BCUT2D eigenvalue weighted by molar-refractivity contribution is 0.113. The molecule has 2 atom stereocenters. The lowest BCUT2D eigenvalue weighted by Gasteiger charge is -2.24. The van der Waals surface area contributed by atoms with Crippen molar-refractivity contribution in [3.05, 3.63) is 42.6 Å². The van der Waals surface area contributed by atoms with E-state index in [2.05, 4.69) is 14.9 Å². The molecule has 9 nitrogen and oxygen atoms in total. The van der Waals surface area contributed by atoms with Crippen molar-refractivity contribution in [1.29, 1.82) is 0 Å². The number of methoxy groups -OCH3 is 1. The Morgan fingerprint density at radius 1 is 1.16 bits per heavy atom. The van der Waals surface area contributed by atoms with Crippen LogP contribution in [0.25, 0.3) is 17.1 Å². The van der Waals surface area contributed by atoms with E-state index in [1.807, 2.05) is 42.6 Å². The summed E-state index contributed by atoms with van der Waals surface area (Å²) >= 11 is 0. The third kappa shape index (κ3) is 3.94. The maximum Gasteiger partial charge on any atom is 0.320 e. The largest absolute Gasteiger partial charge is 0.497 e. The van der Waals surface area contributed by atoms with E-state index in [1.165, 1.54) is 0 Å². The van der Waals surface area contributed by atoms with Crippen LogP contribution in [0, 0.1) is 0 Å². The highest BCUT2D eigenvalue weighted by Gasteiger charge is 2.39. The van der Waals surface area contributed by atoms with Gasteiger partial charge in [0.1, 0.15) is 18.2 Å². The Morgan fingerprint density at radius 3 is 2.94 bits per heavy atom. The standard InChI is InChI=1S/C22H25N5O4/c1-29-16-4-2-3-15(13-16)17-5-9-27(25-17)21-14-20(23-22(24-21)31-12-10-28)26-8-6-19-18(26)7-11-30-19/h2-5,9,13-14,18-19,28H,6-8,10-12H2,1H3/t18-,19-/m1/s1. The molecule has 0 radical (unpaired) electrons. The van der Waals surface area contributed by atoms with Crippen LogP contribution in [0.15, 0.2) is 42.6 Å². The first-order valence-corrected chi connectivity index (χ1v) is 10.5. The molecule has 162 valence electrons. The number of aliphatic hydroxyl groups excluding tert-OH is 1. The first-order valence-electron chi connectivity index (χ1n) is 10.5. The second-order valence-electron chi connectivity index (χ2n) is 7.56. The molecule has 0 aliphatic carbocycles. The highest BCUT2D eigenvalue weighted by Crippen LogP contribution is 2.33. The van der Waals surface area contributed by atoms with E-state index in [4.69, 9.17) is 24.4 Å². The molecule has 4 heterocycles. The summed E-state index contributed by atoms with van der Waals surface area (Å²) in [4.78, 5) is 11.4. The van der Waals surface area contributed by atoms with E-state index in [0.717, 1.165) is 48.8 Å². The highest BCUT2D eigenvalue weighted by molar-refractivity contribution is 5.61. The van der Waals surface area contributed by atoms with Gasteiger partial charge in [0.2, 0.25) is 0 Å². The number of rotatable bonds is 7. The molecule has 2 aromatic heterocycles. The molecule has 9 heteroatoms. The number of aromatic nitrogens is 4. The van der Waals surface area contributed by atoms with Crippen molar-refractivity contribution in [2.75, 3.05) is 38.4 Å². The van der Waals surface area contributed by atoms with Crippen molar-refractivity contribution in [3.8, 4) is 28.8 Å². The van der Waals surface area contributed by atoms with Crippen LogP contribution in [-0.2, 0) is 4.74 Å². The number of anilines is 1. The van der Waals surface area contributed by atoms with Crippen LogP contribution in [-0.4, -0.2) is 70.5 Å². The summed E-state index contributed by atoms with van der Waals surface area (Å²) in [6, 6.07) is 12.2. The van der Waals surface area contributed by atoms with Gasteiger partial charge in [-0.2, -0.15) is 15.1 Å². The first kappa shape index (κ1) is 19.8. The smallest absolute Gasteiger partial charge is 0.320 e. The Hall–Kier alpha value is -3.17. The number of ether oxygens (including phenoxy) is 3. The van der Waals surface area contributed by atoms with Crippen LogP contribution < -0.4 is 14.4 Å². The summed E-state index contributed by atoms with van der Waals surface area (Å²) in [6.07, 6.45) is 4.09. The first-order chi connectivity index (χ1) is 15.2. The topological polar surface area (TPSA) is 94.8 Å². The SMILES string of the molecule is COc1cccc(-c2ccn(-c3cc(N4CC[C@H]5OCC[C@H]54)nc(OCCO)n3)n2)c1. The molecule has 1 N–H and O–H groups in total. The maximum absolute atomic E-state index is 9.15. The van der Waals surface area contributed by atoms with Crippen LogP contribution in [0.5, 0.6) is 11.8 Å². The maximum atomic E-state index is 9.15. The van der Waals surface area contributed by atoms with Crippen molar-refractivity contribution < 1.29 is 19.3 Å². The van der Waals surface area contributed by atoms with Crippen LogP contribution in [0.3, 0.4) is 0 Å². The molecule has 2 saturated heterocycles. The monoisotopic (exact) mass is 423 g/mol. The summed E-state index contributed by atoms with van der Waals surface area (Å²) in [5.74, 6) is 2.17. The molecule has 3 aromatic rings. The van der Waals surface area contributed by atoms with E-state index in [0.29, 0.717) is 11.9 Å². The molecular weight excluding hydrogens is 398 g/mol. The summed E-state index contributed by atoms with van der Waals surface area (Å²) < 4.78 is 18.4. The van der Waals surface area contributed by atoms with Gasteiger partial charge in [0.15, 0.2) is 5.82 Å². The van der Waals surface area contributed by atoms with Crippen molar-refractivity contribution in [1.82, 2.24) is 19.7 Å². The van der Waals surface area contributed by atoms with Gasteiger partial charge in [-0.3, -0.25) is 0 Å². The Bertz CT molecular complexity index is 1060. The van der Waals surface area contributed by atoms with Crippen LogP contribution in [0.1, 0.15) is 12.8 Å². The van der Waals surface area contributed by atoms with Crippen LogP contribution in [0.2, 0.25) is 0 Å². The molecule has 0 bridgehead atoms. The zero-order valence-corrected chi connectivity index (χ0v) is 17.3. The average molecular weight is 423 g/mol. The summed E-state index contributed by atoms with van der Waals surface area (Å²) in [6.45, 7) is 1.68. The minimum atomic E-state index is -0.104. The minimum absolute atomic E-state index is 0.104. The lowest BCUT2D eigenvalue weighted by atomic mass is 10.1. The van der Waals surface area contributed by atoms with E-state index in [-0.39, 0.29) is 25.3 Å². The Balaban J connectivity index is 1.49. The Kier molecular flexibility index (Phi) is 5.44. The zero-order valence-electron chi connectivity index (χ0n) is 17.3. The zero-order chi connectivity index (χ0) is 21.2. The van der Waals surface area contributed by atoms with Crippen LogP contribution in [0.4, 0.5) is 5.82 Å². The van der Waals surface area contributed by atoms with E-state index < -0.39 is 0 Å². The minimum Gasteiger partial charge on any atom is -0.497 e. The average Bonchev–Trinajstić information content (AvgIpc) is 3.55. The molecule has 0 amide bonds. The fourth-order valence-corrected chi connectivity index (χ4v) is 4.24. The predicted molar refractivity (Wildman–Crippen MR) is 114 cm³/mol. The Labute approximate surface area is 180 Å². The molecular formula is C22H25N5O4. The molecule has 0 unspecified atom stereocenters. The number of fused-ring (bicyclic) bond motifs is 1. The third-order valence-electron chi connectivity index (χ3n) is 5.71. The van der Waals surface area contributed by atoms with Crippen LogP contribution >= 0.6 is 0 Å². The summed E-state index contributed by atoms with van der Waals surface area (Å²) in [5.41, 5.74) is 1.76.